The van der Waals surface area contributed by atoms with Gasteiger partial charge in [0.2, 0.25) is 0 Å². The smallest absolute Gasteiger partial charge is 0.332 e. The number of carboxylic acids is 1. The van der Waals surface area contributed by atoms with E-state index in [1.54, 1.807) is 5.38 Å². The van der Waals surface area contributed by atoms with Gasteiger partial charge in [-0.2, -0.15) is 0 Å². The minimum atomic E-state index is -1.13. The first-order valence-corrected chi connectivity index (χ1v) is 8.39. The molecular weight excluding hydrogens is 330 g/mol. The van der Waals surface area contributed by atoms with Crippen molar-refractivity contribution in [3.63, 3.8) is 0 Å². The Morgan fingerprint density at radius 3 is 2.75 bits per heavy atom. The van der Waals surface area contributed by atoms with E-state index in [9.17, 15) is 14.7 Å². The minimum absolute atomic E-state index is 0.0292. The standard InChI is InChI=1S/C16H17N3O4S/c20-15(21)14(13-9-24-10-17-13)18-16(22)19-6-12(7-19)23-8-11-4-2-1-3-5-11/h1-5,9-10,12,14H,6-8H2,(H,18,22)(H,20,21). The minimum Gasteiger partial charge on any atom is -0.479 e. The quantitative estimate of drug-likeness (QED) is 0.832. The lowest BCUT2D eigenvalue weighted by atomic mass is 10.1. The Morgan fingerprint density at radius 2 is 2.12 bits per heavy atom. The molecule has 1 saturated heterocycles. The highest BCUT2D eigenvalue weighted by molar-refractivity contribution is 7.07. The topological polar surface area (TPSA) is 91.8 Å². The molecule has 1 aromatic carbocycles. The highest BCUT2D eigenvalue weighted by Crippen LogP contribution is 2.17. The summed E-state index contributed by atoms with van der Waals surface area (Å²) in [5, 5.41) is 13.3. The van der Waals surface area contributed by atoms with Crippen molar-refractivity contribution in [2.24, 2.45) is 0 Å². The number of rotatable bonds is 6. The van der Waals surface area contributed by atoms with E-state index in [1.807, 2.05) is 30.3 Å². The molecule has 2 N–H and O–H groups in total. The fraction of sp³-hybridized carbons (Fsp3) is 0.312. The summed E-state index contributed by atoms with van der Waals surface area (Å²) in [5.74, 6) is -1.13. The maximum Gasteiger partial charge on any atom is 0.332 e. The van der Waals surface area contributed by atoms with Crippen LogP contribution in [0.2, 0.25) is 0 Å². The van der Waals surface area contributed by atoms with Crippen molar-refractivity contribution in [1.82, 2.24) is 15.2 Å². The maximum atomic E-state index is 12.1. The maximum absolute atomic E-state index is 12.1. The van der Waals surface area contributed by atoms with Crippen LogP contribution in [0.1, 0.15) is 17.3 Å². The van der Waals surface area contributed by atoms with Gasteiger partial charge in [0.1, 0.15) is 0 Å². The zero-order valence-corrected chi connectivity index (χ0v) is 13.6. The van der Waals surface area contributed by atoms with Crippen LogP contribution in [0.5, 0.6) is 0 Å². The molecule has 1 aromatic heterocycles. The van der Waals surface area contributed by atoms with Crippen LogP contribution in [-0.4, -0.2) is 46.2 Å². The number of carbonyl (C=O) groups excluding carboxylic acids is 1. The number of thiazole rings is 1. The molecule has 2 amide bonds. The Morgan fingerprint density at radius 1 is 1.38 bits per heavy atom. The molecule has 1 atom stereocenters. The van der Waals surface area contributed by atoms with Gasteiger partial charge in [0.15, 0.2) is 6.04 Å². The first-order valence-electron chi connectivity index (χ1n) is 7.45. The Labute approximate surface area is 142 Å². The second-order valence-corrected chi connectivity index (χ2v) is 6.18. The first kappa shape index (κ1) is 16.4. The monoisotopic (exact) mass is 347 g/mol. The van der Waals surface area contributed by atoms with E-state index in [1.165, 1.54) is 21.7 Å². The molecule has 2 heterocycles. The molecule has 0 radical (unpaired) electrons. The SMILES string of the molecule is O=C(O)C(NC(=O)N1CC(OCc2ccccc2)C1)c1cscn1. The number of hydrogen-bond acceptors (Lipinski definition) is 5. The summed E-state index contributed by atoms with van der Waals surface area (Å²) in [5.41, 5.74) is 2.95. The zero-order valence-electron chi connectivity index (χ0n) is 12.8. The molecule has 2 aromatic rings. The van der Waals surface area contributed by atoms with Crippen molar-refractivity contribution >= 4 is 23.3 Å². The van der Waals surface area contributed by atoms with Crippen LogP contribution in [0.25, 0.3) is 0 Å². The Bertz CT molecular complexity index is 687. The van der Waals surface area contributed by atoms with Gasteiger partial charge in [-0.1, -0.05) is 30.3 Å². The molecule has 0 saturated carbocycles. The van der Waals surface area contributed by atoms with E-state index in [-0.39, 0.29) is 6.10 Å². The third-order valence-electron chi connectivity index (χ3n) is 3.73. The number of likely N-dealkylation sites (tertiary alicyclic amines) is 1. The number of nitrogens with zero attached hydrogens (tertiary/aromatic N) is 2. The summed E-state index contributed by atoms with van der Waals surface area (Å²) < 4.78 is 5.72. The number of carboxylic acid groups (broad SMARTS) is 1. The third-order valence-corrected chi connectivity index (χ3v) is 4.33. The van der Waals surface area contributed by atoms with E-state index in [2.05, 4.69) is 10.3 Å². The van der Waals surface area contributed by atoms with Crippen molar-refractivity contribution < 1.29 is 19.4 Å². The van der Waals surface area contributed by atoms with Crippen LogP contribution in [0.4, 0.5) is 4.79 Å². The van der Waals surface area contributed by atoms with Crippen LogP contribution in [0.15, 0.2) is 41.2 Å². The summed E-state index contributed by atoms with van der Waals surface area (Å²) in [7, 11) is 0. The lowest BCUT2D eigenvalue weighted by molar-refractivity contribution is -0.139. The van der Waals surface area contributed by atoms with Crippen molar-refractivity contribution in [3.8, 4) is 0 Å². The van der Waals surface area contributed by atoms with Gasteiger partial charge in [0.25, 0.3) is 0 Å². The molecule has 1 unspecified atom stereocenters. The molecule has 7 nitrogen and oxygen atoms in total. The summed E-state index contributed by atoms with van der Waals surface area (Å²) in [6, 6.07) is 8.25. The number of hydrogen-bond donors (Lipinski definition) is 2. The second kappa shape index (κ2) is 7.41. The lowest BCUT2D eigenvalue weighted by Crippen LogP contribution is -2.58. The number of nitrogens with one attached hydrogen (secondary N) is 1. The number of urea groups is 1. The number of carbonyl (C=O) groups is 2. The predicted molar refractivity (Wildman–Crippen MR) is 87.6 cm³/mol. The van der Waals surface area contributed by atoms with Gasteiger partial charge >= 0.3 is 12.0 Å². The van der Waals surface area contributed by atoms with E-state index < -0.39 is 18.0 Å². The van der Waals surface area contributed by atoms with Crippen LogP contribution in [0.3, 0.4) is 0 Å². The van der Waals surface area contributed by atoms with Crippen LogP contribution in [-0.2, 0) is 16.1 Å². The fourth-order valence-electron chi connectivity index (χ4n) is 2.34. The summed E-state index contributed by atoms with van der Waals surface area (Å²) in [4.78, 5) is 28.9. The highest BCUT2D eigenvalue weighted by atomic mass is 32.1. The molecule has 126 valence electrons. The molecule has 3 rings (SSSR count). The number of amides is 2. The van der Waals surface area contributed by atoms with Crippen molar-refractivity contribution in [3.05, 3.63) is 52.5 Å². The summed E-state index contributed by atoms with van der Waals surface area (Å²) in [6.45, 7) is 1.39. The molecular formula is C16H17N3O4S. The average Bonchev–Trinajstić information content (AvgIpc) is 3.05. The van der Waals surface area contributed by atoms with Crippen molar-refractivity contribution in [2.75, 3.05) is 13.1 Å². The zero-order chi connectivity index (χ0) is 16.9. The van der Waals surface area contributed by atoms with Gasteiger partial charge in [0, 0.05) is 5.38 Å². The van der Waals surface area contributed by atoms with Crippen LogP contribution < -0.4 is 5.32 Å². The molecule has 0 spiro atoms. The van der Waals surface area contributed by atoms with E-state index in [0.29, 0.717) is 25.4 Å². The van der Waals surface area contributed by atoms with E-state index in [0.717, 1.165) is 5.56 Å². The molecule has 8 heteroatoms. The molecule has 0 aliphatic carbocycles. The van der Waals surface area contributed by atoms with Crippen molar-refractivity contribution in [2.45, 2.75) is 18.8 Å². The highest BCUT2D eigenvalue weighted by Gasteiger charge is 2.34. The molecule has 1 aliphatic heterocycles. The number of ether oxygens (including phenoxy) is 1. The molecule has 24 heavy (non-hydrogen) atoms. The van der Waals surface area contributed by atoms with E-state index >= 15 is 0 Å². The third kappa shape index (κ3) is 3.90. The van der Waals surface area contributed by atoms with Gasteiger partial charge in [-0.3, -0.25) is 0 Å². The van der Waals surface area contributed by atoms with Gasteiger partial charge in [-0.15, -0.1) is 11.3 Å². The predicted octanol–water partition coefficient (Wildman–Crippen LogP) is 1.88. The van der Waals surface area contributed by atoms with Crippen LogP contribution >= 0.6 is 11.3 Å². The van der Waals surface area contributed by atoms with Gasteiger partial charge < -0.3 is 20.1 Å². The Kier molecular flexibility index (Phi) is 5.07. The van der Waals surface area contributed by atoms with Gasteiger partial charge in [0.05, 0.1) is 37.0 Å². The van der Waals surface area contributed by atoms with E-state index in [4.69, 9.17) is 4.74 Å². The number of aromatic nitrogens is 1. The largest absolute Gasteiger partial charge is 0.479 e. The van der Waals surface area contributed by atoms with Gasteiger partial charge in [-0.25, -0.2) is 14.6 Å². The average molecular weight is 347 g/mol. The summed E-state index contributed by atoms with van der Waals surface area (Å²) >= 11 is 1.29. The molecule has 1 fully saturated rings. The fourth-order valence-corrected chi connectivity index (χ4v) is 2.92. The second-order valence-electron chi connectivity index (χ2n) is 5.46. The first-order chi connectivity index (χ1) is 11.6. The Hall–Kier alpha value is -2.45. The van der Waals surface area contributed by atoms with Gasteiger partial charge in [-0.05, 0) is 5.56 Å². The summed E-state index contributed by atoms with van der Waals surface area (Å²) in [6.07, 6.45) is -0.0292. The number of aliphatic carboxylic acids is 1. The normalized spacial score (nSPS) is 15.6. The molecule has 0 bridgehead atoms. The van der Waals surface area contributed by atoms with Crippen LogP contribution in [0, 0.1) is 0 Å². The number of benzene rings is 1. The lowest BCUT2D eigenvalue weighted by Gasteiger charge is -2.39. The molecule has 1 aliphatic rings. The van der Waals surface area contributed by atoms with Crippen molar-refractivity contribution in [1.29, 1.82) is 0 Å². The Balaban J connectivity index is 1.45.